The van der Waals surface area contributed by atoms with Crippen LogP contribution in [0.25, 0.3) is 6.08 Å². The Labute approximate surface area is 150 Å². The van der Waals surface area contributed by atoms with Crippen LogP contribution in [0.1, 0.15) is 10.6 Å². The lowest BCUT2D eigenvalue weighted by Crippen LogP contribution is -2.35. The summed E-state index contributed by atoms with van der Waals surface area (Å²) in [6.07, 6.45) is 4.02. The van der Waals surface area contributed by atoms with Crippen molar-refractivity contribution in [2.24, 2.45) is 0 Å². The Bertz CT molecular complexity index is 659. The topological polar surface area (TPSA) is 55.3 Å². The summed E-state index contributed by atoms with van der Waals surface area (Å²) in [7, 11) is 1.64. The number of ether oxygens (including phenoxy) is 1. The first-order chi connectivity index (χ1) is 11.7. The smallest absolute Gasteiger partial charge is 0.233 e. The van der Waals surface area contributed by atoms with Crippen molar-refractivity contribution < 1.29 is 9.53 Å². The Balaban J connectivity index is 1.88. The van der Waals surface area contributed by atoms with Crippen molar-refractivity contribution in [2.75, 3.05) is 32.6 Å². The van der Waals surface area contributed by atoms with E-state index in [0.717, 1.165) is 14.9 Å². The maximum Gasteiger partial charge on any atom is 0.233 e. The molecule has 0 bridgehead atoms. The number of thioether (sulfide) groups is 1. The van der Waals surface area contributed by atoms with Crippen LogP contribution in [0.4, 0.5) is 0 Å². The van der Waals surface area contributed by atoms with Gasteiger partial charge in [-0.2, -0.15) is 0 Å². The first-order valence-corrected chi connectivity index (χ1v) is 9.40. The van der Waals surface area contributed by atoms with Crippen LogP contribution in [0.5, 0.6) is 0 Å². The summed E-state index contributed by atoms with van der Waals surface area (Å²) in [6, 6.07) is 10.0. The van der Waals surface area contributed by atoms with Crippen LogP contribution in [0, 0.1) is 6.92 Å². The summed E-state index contributed by atoms with van der Waals surface area (Å²) >= 11 is 2.94. The summed E-state index contributed by atoms with van der Waals surface area (Å²) in [4.78, 5) is 14.2. The standard InChI is InChI=1S/C17H21N3O2S2/c1-14-18-19-17(24-14)23-13-16(21)20(11-12-22-2)10-6-9-15-7-4-3-5-8-15/h3-9H,10-13H2,1-2H3/b9-6+. The van der Waals surface area contributed by atoms with E-state index in [1.54, 1.807) is 12.0 Å². The molecular formula is C17H21N3O2S2. The quantitative estimate of drug-likeness (QED) is 0.641. The van der Waals surface area contributed by atoms with Gasteiger partial charge in [-0.15, -0.1) is 10.2 Å². The van der Waals surface area contributed by atoms with Crippen molar-refractivity contribution in [3.63, 3.8) is 0 Å². The van der Waals surface area contributed by atoms with E-state index in [4.69, 9.17) is 4.74 Å². The van der Waals surface area contributed by atoms with Gasteiger partial charge in [0, 0.05) is 20.2 Å². The molecule has 24 heavy (non-hydrogen) atoms. The molecule has 5 nitrogen and oxygen atoms in total. The molecule has 2 rings (SSSR count). The van der Waals surface area contributed by atoms with Gasteiger partial charge in [-0.25, -0.2) is 0 Å². The third-order valence-corrected chi connectivity index (χ3v) is 5.14. The molecule has 0 aliphatic heterocycles. The fourth-order valence-electron chi connectivity index (χ4n) is 1.95. The van der Waals surface area contributed by atoms with E-state index in [2.05, 4.69) is 10.2 Å². The molecule has 0 fully saturated rings. The molecule has 0 N–H and O–H groups in total. The van der Waals surface area contributed by atoms with Crippen LogP contribution in [0.15, 0.2) is 40.7 Å². The maximum absolute atomic E-state index is 12.4. The molecule has 1 heterocycles. The molecule has 0 radical (unpaired) electrons. The summed E-state index contributed by atoms with van der Waals surface area (Å²) in [5.41, 5.74) is 1.12. The van der Waals surface area contributed by atoms with Gasteiger partial charge in [0.1, 0.15) is 5.01 Å². The molecule has 128 valence electrons. The van der Waals surface area contributed by atoms with Gasteiger partial charge in [-0.05, 0) is 12.5 Å². The van der Waals surface area contributed by atoms with Gasteiger partial charge in [0.15, 0.2) is 4.34 Å². The largest absolute Gasteiger partial charge is 0.383 e. The monoisotopic (exact) mass is 363 g/mol. The summed E-state index contributed by atoms with van der Waals surface area (Å²) in [5.74, 6) is 0.431. The highest BCUT2D eigenvalue weighted by atomic mass is 32.2. The normalized spacial score (nSPS) is 11.1. The molecule has 0 atom stereocenters. The molecule has 0 spiro atoms. The molecule has 0 unspecified atom stereocenters. The third kappa shape index (κ3) is 6.43. The number of methoxy groups -OCH3 is 1. The van der Waals surface area contributed by atoms with E-state index < -0.39 is 0 Å². The second kappa shape index (κ2) is 10.2. The van der Waals surface area contributed by atoms with Crippen molar-refractivity contribution in [3.05, 3.63) is 47.0 Å². The molecule has 0 saturated carbocycles. The number of carbonyl (C=O) groups is 1. The highest BCUT2D eigenvalue weighted by Gasteiger charge is 2.13. The summed E-state index contributed by atoms with van der Waals surface area (Å²) in [6.45, 7) is 3.56. The Kier molecular flexibility index (Phi) is 7.94. The Morgan fingerprint density at radius 1 is 1.33 bits per heavy atom. The molecule has 0 aliphatic carbocycles. The van der Waals surface area contributed by atoms with E-state index in [1.807, 2.05) is 49.4 Å². The van der Waals surface area contributed by atoms with Crippen LogP contribution < -0.4 is 0 Å². The van der Waals surface area contributed by atoms with Gasteiger partial charge in [0.2, 0.25) is 5.91 Å². The van der Waals surface area contributed by atoms with Crippen LogP contribution in [0.2, 0.25) is 0 Å². The number of aryl methyl sites for hydroxylation is 1. The SMILES string of the molecule is COCCN(C/C=C/c1ccccc1)C(=O)CSc1nnc(C)s1. The Hall–Kier alpha value is -1.70. The number of nitrogens with zero attached hydrogens (tertiary/aromatic N) is 3. The van der Waals surface area contributed by atoms with Crippen LogP contribution in [-0.2, 0) is 9.53 Å². The maximum atomic E-state index is 12.4. The molecule has 2 aromatic rings. The Morgan fingerprint density at radius 2 is 2.12 bits per heavy atom. The number of amides is 1. The van der Waals surface area contributed by atoms with Crippen LogP contribution in [0.3, 0.4) is 0 Å². The zero-order chi connectivity index (χ0) is 17.2. The number of rotatable bonds is 9. The zero-order valence-corrected chi connectivity index (χ0v) is 15.5. The number of aromatic nitrogens is 2. The van der Waals surface area contributed by atoms with Gasteiger partial charge in [0.05, 0.1) is 12.4 Å². The van der Waals surface area contributed by atoms with E-state index in [0.29, 0.717) is 25.4 Å². The minimum atomic E-state index is 0.0719. The minimum absolute atomic E-state index is 0.0719. The van der Waals surface area contributed by atoms with Crippen molar-refractivity contribution in [1.82, 2.24) is 15.1 Å². The van der Waals surface area contributed by atoms with E-state index in [-0.39, 0.29) is 5.91 Å². The fraction of sp³-hybridized carbons (Fsp3) is 0.353. The summed E-state index contributed by atoms with van der Waals surface area (Å²) in [5, 5.41) is 8.91. The van der Waals surface area contributed by atoms with Gasteiger partial charge in [0.25, 0.3) is 0 Å². The molecular weight excluding hydrogens is 342 g/mol. The van der Waals surface area contributed by atoms with E-state index in [9.17, 15) is 4.79 Å². The molecule has 1 aromatic heterocycles. The fourth-order valence-corrected chi connectivity index (χ4v) is 3.67. The predicted octanol–water partition coefficient (Wildman–Crippen LogP) is 3.13. The zero-order valence-electron chi connectivity index (χ0n) is 13.8. The highest BCUT2D eigenvalue weighted by Crippen LogP contribution is 2.22. The number of hydrogen-bond acceptors (Lipinski definition) is 6. The lowest BCUT2D eigenvalue weighted by atomic mass is 10.2. The minimum Gasteiger partial charge on any atom is -0.383 e. The molecule has 1 amide bonds. The Morgan fingerprint density at radius 3 is 2.79 bits per heavy atom. The average Bonchev–Trinajstić information content (AvgIpc) is 3.02. The van der Waals surface area contributed by atoms with Gasteiger partial charge in [-0.3, -0.25) is 4.79 Å². The number of carbonyl (C=O) groups excluding carboxylic acids is 1. The van der Waals surface area contributed by atoms with E-state index in [1.165, 1.54) is 23.1 Å². The lowest BCUT2D eigenvalue weighted by molar-refractivity contribution is -0.128. The molecule has 0 aliphatic rings. The third-order valence-electron chi connectivity index (χ3n) is 3.18. The van der Waals surface area contributed by atoms with Crippen molar-refractivity contribution >= 4 is 35.1 Å². The second-order valence-corrected chi connectivity index (χ2v) is 7.43. The van der Waals surface area contributed by atoms with Gasteiger partial charge < -0.3 is 9.64 Å². The number of benzene rings is 1. The van der Waals surface area contributed by atoms with Gasteiger partial charge in [-0.1, -0.05) is 65.6 Å². The van der Waals surface area contributed by atoms with Crippen LogP contribution in [-0.4, -0.2) is 53.6 Å². The number of hydrogen-bond donors (Lipinski definition) is 0. The van der Waals surface area contributed by atoms with Crippen molar-refractivity contribution in [2.45, 2.75) is 11.3 Å². The van der Waals surface area contributed by atoms with Crippen molar-refractivity contribution in [1.29, 1.82) is 0 Å². The van der Waals surface area contributed by atoms with Gasteiger partial charge >= 0.3 is 0 Å². The first kappa shape index (κ1) is 18.6. The predicted molar refractivity (Wildman–Crippen MR) is 99.3 cm³/mol. The molecule has 7 heteroatoms. The highest BCUT2D eigenvalue weighted by molar-refractivity contribution is 8.01. The first-order valence-electron chi connectivity index (χ1n) is 7.60. The second-order valence-electron chi connectivity index (χ2n) is 5.02. The summed E-state index contributed by atoms with van der Waals surface area (Å²) < 4.78 is 5.93. The van der Waals surface area contributed by atoms with Crippen LogP contribution >= 0.6 is 23.1 Å². The lowest BCUT2D eigenvalue weighted by Gasteiger charge is -2.20. The van der Waals surface area contributed by atoms with E-state index >= 15 is 0 Å². The average molecular weight is 364 g/mol. The van der Waals surface area contributed by atoms with Crippen molar-refractivity contribution in [3.8, 4) is 0 Å². The molecule has 1 aromatic carbocycles. The molecule has 0 saturated heterocycles.